The van der Waals surface area contributed by atoms with Crippen molar-refractivity contribution in [2.75, 3.05) is 13.1 Å². The fraction of sp³-hybridized carbons (Fsp3) is 0.500. The number of hydrogen-bond donors (Lipinski definition) is 1. The van der Waals surface area contributed by atoms with Crippen LogP contribution in [0.3, 0.4) is 0 Å². The first-order valence-corrected chi connectivity index (χ1v) is 7.48. The average molecular weight is 310 g/mol. The van der Waals surface area contributed by atoms with E-state index in [4.69, 9.17) is 0 Å². The predicted molar refractivity (Wildman–Crippen MR) is 84.9 cm³/mol. The SMILES string of the molecule is CCC(=Cc1ccc(Br)c(C)c1)CNCC(C)C. The molecule has 0 aliphatic carbocycles. The molecule has 0 bridgehead atoms. The maximum Gasteiger partial charge on any atom is 0.0204 e. The summed E-state index contributed by atoms with van der Waals surface area (Å²) in [5, 5.41) is 3.50. The Kier molecular flexibility index (Phi) is 6.66. The summed E-state index contributed by atoms with van der Waals surface area (Å²) in [5.41, 5.74) is 4.03. The monoisotopic (exact) mass is 309 g/mol. The van der Waals surface area contributed by atoms with Crippen molar-refractivity contribution in [1.29, 1.82) is 0 Å². The van der Waals surface area contributed by atoms with Gasteiger partial charge in [0.25, 0.3) is 0 Å². The minimum absolute atomic E-state index is 0.707. The lowest BCUT2D eigenvalue weighted by molar-refractivity contribution is 0.569. The molecule has 0 heterocycles. The van der Waals surface area contributed by atoms with Gasteiger partial charge in [0.1, 0.15) is 0 Å². The Labute approximate surface area is 120 Å². The molecule has 0 aliphatic rings. The van der Waals surface area contributed by atoms with Crippen LogP contribution in [0.5, 0.6) is 0 Å². The van der Waals surface area contributed by atoms with E-state index in [1.54, 1.807) is 0 Å². The highest BCUT2D eigenvalue weighted by molar-refractivity contribution is 9.10. The van der Waals surface area contributed by atoms with Gasteiger partial charge in [0, 0.05) is 11.0 Å². The summed E-state index contributed by atoms with van der Waals surface area (Å²) >= 11 is 3.54. The van der Waals surface area contributed by atoms with Crippen LogP contribution < -0.4 is 5.32 Å². The zero-order chi connectivity index (χ0) is 13.5. The van der Waals surface area contributed by atoms with Crippen LogP contribution in [0.4, 0.5) is 0 Å². The maximum atomic E-state index is 3.54. The number of hydrogen-bond acceptors (Lipinski definition) is 1. The van der Waals surface area contributed by atoms with Crippen LogP contribution in [0, 0.1) is 12.8 Å². The fourth-order valence-electron chi connectivity index (χ4n) is 1.79. The van der Waals surface area contributed by atoms with Gasteiger partial charge in [-0.15, -0.1) is 0 Å². The summed E-state index contributed by atoms with van der Waals surface area (Å²) < 4.78 is 1.18. The molecule has 0 fully saturated rings. The number of halogens is 1. The van der Waals surface area contributed by atoms with Crippen LogP contribution in [0.2, 0.25) is 0 Å². The second kappa shape index (κ2) is 7.75. The topological polar surface area (TPSA) is 12.0 Å². The second-order valence-corrected chi connectivity index (χ2v) is 6.04. The highest BCUT2D eigenvalue weighted by Gasteiger charge is 1.99. The lowest BCUT2D eigenvalue weighted by atomic mass is 10.1. The Morgan fingerprint density at radius 3 is 2.67 bits per heavy atom. The molecular formula is C16H24BrN. The summed E-state index contributed by atoms with van der Waals surface area (Å²) in [6.07, 6.45) is 3.40. The molecular weight excluding hydrogens is 286 g/mol. The first-order chi connectivity index (χ1) is 8.52. The fourth-order valence-corrected chi connectivity index (χ4v) is 2.04. The zero-order valence-electron chi connectivity index (χ0n) is 11.9. The first kappa shape index (κ1) is 15.5. The van der Waals surface area contributed by atoms with Crippen LogP contribution in [0.25, 0.3) is 6.08 Å². The van der Waals surface area contributed by atoms with Gasteiger partial charge < -0.3 is 5.32 Å². The molecule has 0 aromatic heterocycles. The highest BCUT2D eigenvalue weighted by Crippen LogP contribution is 2.19. The molecule has 1 aromatic carbocycles. The van der Waals surface area contributed by atoms with Crippen LogP contribution >= 0.6 is 15.9 Å². The summed E-state index contributed by atoms with van der Waals surface area (Å²) in [6.45, 7) is 10.9. The van der Waals surface area contributed by atoms with E-state index < -0.39 is 0 Å². The van der Waals surface area contributed by atoms with Crippen LogP contribution in [-0.2, 0) is 0 Å². The molecule has 1 rings (SSSR count). The van der Waals surface area contributed by atoms with Gasteiger partial charge in [-0.2, -0.15) is 0 Å². The smallest absolute Gasteiger partial charge is 0.0204 e. The van der Waals surface area contributed by atoms with Gasteiger partial charge in [-0.25, -0.2) is 0 Å². The molecule has 100 valence electrons. The standard InChI is InChI=1S/C16H24BrN/c1-5-14(11-18-10-12(2)3)9-15-6-7-16(17)13(4)8-15/h6-9,12,18H,5,10-11H2,1-4H3. The van der Waals surface area contributed by atoms with E-state index in [2.05, 4.69) is 73.2 Å². The van der Waals surface area contributed by atoms with Crippen molar-refractivity contribution in [3.8, 4) is 0 Å². The second-order valence-electron chi connectivity index (χ2n) is 5.19. The molecule has 1 N–H and O–H groups in total. The normalized spacial score (nSPS) is 12.2. The number of aryl methyl sites for hydroxylation is 1. The van der Waals surface area contributed by atoms with Gasteiger partial charge in [-0.05, 0) is 43.0 Å². The van der Waals surface area contributed by atoms with Crippen molar-refractivity contribution in [2.24, 2.45) is 5.92 Å². The van der Waals surface area contributed by atoms with E-state index in [0.717, 1.165) is 19.5 Å². The maximum absolute atomic E-state index is 3.54. The Bertz CT molecular complexity index is 408. The van der Waals surface area contributed by atoms with E-state index in [1.165, 1.54) is 21.2 Å². The molecule has 18 heavy (non-hydrogen) atoms. The van der Waals surface area contributed by atoms with Gasteiger partial charge in [-0.3, -0.25) is 0 Å². The van der Waals surface area contributed by atoms with Crippen molar-refractivity contribution in [1.82, 2.24) is 5.32 Å². The van der Waals surface area contributed by atoms with E-state index in [0.29, 0.717) is 5.92 Å². The van der Waals surface area contributed by atoms with Gasteiger partial charge >= 0.3 is 0 Å². The molecule has 0 radical (unpaired) electrons. The zero-order valence-corrected chi connectivity index (χ0v) is 13.5. The number of nitrogens with one attached hydrogen (secondary N) is 1. The Morgan fingerprint density at radius 1 is 1.39 bits per heavy atom. The van der Waals surface area contributed by atoms with Crippen molar-refractivity contribution in [3.63, 3.8) is 0 Å². The largest absolute Gasteiger partial charge is 0.313 e. The third kappa shape index (κ3) is 5.36. The minimum atomic E-state index is 0.707. The Morgan fingerprint density at radius 2 is 2.11 bits per heavy atom. The lowest BCUT2D eigenvalue weighted by Crippen LogP contribution is -2.21. The van der Waals surface area contributed by atoms with Gasteiger partial charge in [0.2, 0.25) is 0 Å². The van der Waals surface area contributed by atoms with Crippen LogP contribution in [0.15, 0.2) is 28.2 Å². The quantitative estimate of drug-likeness (QED) is 0.796. The van der Waals surface area contributed by atoms with Gasteiger partial charge in [0.05, 0.1) is 0 Å². The van der Waals surface area contributed by atoms with Crippen molar-refractivity contribution < 1.29 is 0 Å². The molecule has 0 saturated heterocycles. The van der Waals surface area contributed by atoms with E-state index in [1.807, 2.05) is 0 Å². The number of rotatable bonds is 6. The van der Waals surface area contributed by atoms with E-state index >= 15 is 0 Å². The Balaban J connectivity index is 2.68. The van der Waals surface area contributed by atoms with Crippen molar-refractivity contribution in [3.05, 3.63) is 39.4 Å². The minimum Gasteiger partial charge on any atom is -0.313 e. The third-order valence-corrected chi connectivity index (χ3v) is 3.80. The third-order valence-electron chi connectivity index (χ3n) is 2.91. The summed E-state index contributed by atoms with van der Waals surface area (Å²) in [4.78, 5) is 0. The molecule has 0 unspecified atom stereocenters. The molecule has 0 saturated carbocycles. The Hall–Kier alpha value is -0.600. The molecule has 1 aromatic rings. The molecule has 0 amide bonds. The first-order valence-electron chi connectivity index (χ1n) is 6.69. The van der Waals surface area contributed by atoms with E-state index in [-0.39, 0.29) is 0 Å². The molecule has 0 aliphatic heterocycles. The predicted octanol–water partition coefficient (Wildman–Crippen LogP) is 4.80. The lowest BCUT2D eigenvalue weighted by Gasteiger charge is -2.10. The molecule has 1 nitrogen and oxygen atoms in total. The molecule has 0 atom stereocenters. The summed E-state index contributed by atoms with van der Waals surface area (Å²) in [6, 6.07) is 6.51. The van der Waals surface area contributed by atoms with E-state index in [9.17, 15) is 0 Å². The average Bonchev–Trinajstić information content (AvgIpc) is 2.32. The van der Waals surface area contributed by atoms with Crippen molar-refractivity contribution >= 4 is 22.0 Å². The summed E-state index contributed by atoms with van der Waals surface area (Å²) in [5.74, 6) is 0.707. The molecule has 0 spiro atoms. The number of benzene rings is 1. The van der Waals surface area contributed by atoms with Crippen molar-refractivity contribution in [2.45, 2.75) is 34.1 Å². The van der Waals surface area contributed by atoms with Crippen LogP contribution in [-0.4, -0.2) is 13.1 Å². The highest BCUT2D eigenvalue weighted by atomic mass is 79.9. The molecule has 2 heteroatoms. The van der Waals surface area contributed by atoms with Crippen LogP contribution in [0.1, 0.15) is 38.3 Å². The van der Waals surface area contributed by atoms with Gasteiger partial charge in [0.15, 0.2) is 0 Å². The summed E-state index contributed by atoms with van der Waals surface area (Å²) in [7, 11) is 0. The van der Waals surface area contributed by atoms with Gasteiger partial charge in [-0.1, -0.05) is 60.5 Å².